The fourth-order valence-corrected chi connectivity index (χ4v) is 2.63. The molecule has 0 radical (unpaired) electrons. The smallest absolute Gasteiger partial charge is 0.113 e. The molecule has 0 amide bonds. The summed E-state index contributed by atoms with van der Waals surface area (Å²) in [5.74, 6) is 0. The van der Waals surface area contributed by atoms with E-state index in [4.69, 9.17) is 0 Å². The lowest BCUT2D eigenvalue weighted by molar-refractivity contribution is 0.586. The van der Waals surface area contributed by atoms with Crippen LogP contribution in [0, 0.1) is 0 Å². The zero-order valence-electron chi connectivity index (χ0n) is 5.39. The first-order valence-corrected chi connectivity index (χ1v) is 4.39. The van der Waals surface area contributed by atoms with Crippen LogP contribution in [0.5, 0.6) is 0 Å². The number of rotatable bonds is 0. The molecule has 0 saturated carbocycles. The van der Waals surface area contributed by atoms with Crippen molar-refractivity contribution >= 4 is 11.2 Å². The minimum atomic E-state index is -0.512. The zero-order valence-corrected chi connectivity index (χ0v) is 6.20. The van der Waals surface area contributed by atoms with E-state index in [0.717, 1.165) is 12.8 Å². The van der Waals surface area contributed by atoms with E-state index in [1.165, 1.54) is 0 Å². The average Bonchev–Trinajstić information content (AvgIpc) is 1.98. The standard InChI is InChI=1S/C6H12OS/c1-5-3-4-6(2)8(5)7/h5-6H,3-4H2,1-2H3/t5-,6?,8?/m0/s1. The maximum atomic E-state index is 11.0. The van der Waals surface area contributed by atoms with E-state index < -0.39 is 11.2 Å². The van der Waals surface area contributed by atoms with Crippen molar-refractivity contribution in [3.05, 3.63) is 0 Å². The first-order valence-electron chi connectivity index (χ1n) is 3.11. The van der Waals surface area contributed by atoms with Crippen LogP contribution in [-0.4, -0.2) is 15.1 Å². The van der Waals surface area contributed by atoms with Crippen molar-refractivity contribution in [2.45, 2.75) is 37.2 Å². The van der Waals surface area contributed by atoms with Gasteiger partial charge >= 0.3 is 0 Å². The molecule has 3 atom stereocenters. The maximum absolute atomic E-state index is 11.0. The SMILES string of the molecule is CC1CC[C@H](C)[S+]1[O-]. The van der Waals surface area contributed by atoms with Gasteiger partial charge in [-0.1, -0.05) is 0 Å². The van der Waals surface area contributed by atoms with Crippen LogP contribution in [0.3, 0.4) is 0 Å². The Balaban J connectivity index is 2.44. The molecule has 8 heavy (non-hydrogen) atoms. The molecule has 1 aliphatic rings. The quantitative estimate of drug-likeness (QED) is 0.456. The van der Waals surface area contributed by atoms with Gasteiger partial charge < -0.3 is 4.55 Å². The molecule has 1 heterocycles. The molecule has 0 aliphatic carbocycles. The minimum absolute atomic E-state index is 0.463. The molecule has 1 aliphatic heterocycles. The molecule has 0 N–H and O–H groups in total. The average molecular weight is 132 g/mol. The van der Waals surface area contributed by atoms with Gasteiger partial charge in [0.05, 0.1) is 0 Å². The van der Waals surface area contributed by atoms with Crippen molar-refractivity contribution in [1.29, 1.82) is 0 Å². The highest BCUT2D eigenvalue weighted by molar-refractivity contribution is 7.92. The van der Waals surface area contributed by atoms with E-state index in [2.05, 4.69) is 13.8 Å². The van der Waals surface area contributed by atoms with Crippen molar-refractivity contribution in [3.63, 3.8) is 0 Å². The number of hydrogen-bond donors (Lipinski definition) is 0. The second kappa shape index (κ2) is 2.28. The van der Waals surface area contributed by atoms with Crippen LogP contribution in [0.25, 0.3) is 0 Å². The normalized spacial score (nSPS) is 47.6. The second-order valence-corrected chi connectivity index (χ2v) is 4.79. The summed E-state index contributed by atoms with van der Waals surface area (Å²) in [5.41, 5.74) is 0. The van der Waals surface area contributed by atoms with Gasteiger partial charge in [0, 0.05) is 0 Å². The molecule has 48 valence electrons. The summed E-state index contributed by atoms with van der Waals surface area (Å²) < 4.78 is 11.0. The highest BCUT2D eigenvalue weighted by atomic mass is 32.2. The Kier molecular flexibility index (Phi) is 1.83. The Morgan fingerprint density at radius 1 is 1.25 bits per heavy atom. The molecule has 0 spiro atoms. The van der Waals surface area contributed by atoms with Crippen LogP contribution < -0.4 is 0 Å². The van der Waals surface area contributed by atoms with Crippen molar-refractivity contribution in [1.82, 2.24) is 0 Å². The largest absolute Gasteiger partial charge is 0.616 e. The van der Waals surface area contributed by atoms with Gasteiger partial charge in [0.15, 0.2) is 0 Å². The van der Waals surface area contributed by atoms with E-state index >= 15 is 0 Å². The van der Waals surface area contributed by atoms with Crippen LogP contribution in [-0.2, 0) is 11.2 Å². The summed E-state index contributed by atoms with van der Waals surface area (Å²) in [6.07, 6.45) is 2.32. The van der Waals surface area contributed by atoms with Gasteiger partial charge in [-0.15, -0.1) is 0 Å². The lowest BCUT2D eigenvalue weighted by Gasteiger charge is -2.11. The third kappa shape index (κ3) is 1.00. The molecule has 0 bridgehead atoms. The van der Waals surface area contributed by atoms with Crippen LogP contribution in [0.1, 0.15) is 26.7 Å². The van der Waals surface area contributed by atoms with Gasteiger partial charge in [-0.3, -0.25) is 0 Å². The molecule has 1 fully saturated rings. The Labute approximate surface area is 53.7 Å². The predicted octanol–water partition coefficient (Wildman–Crippen LogP) is 1.31. The number of hydrogen-bond acceptors (Lipinski definition) is 1. The predicted molar refractivity (Wildman–Crippen MR) is 36.3 cm³/mol. The van der Waals surface area contributed by atoms with Crippen LogP contribution >= 0.6 is 0 Å². The summed E-state index contributed by atoms with van der Waals surface area (Å²) >= 11 is -0.512. The molecular formula is C6H12OS. The highest BCUT2D eigenvalue weighted by Crippen LogP contribution is 2.25. The third-order valence-corrected chi connectivity index (χ3v) is 3.83. The minimum Gasteiger partial charge on any atom is -0.616 e. The van der Waals surface area contributed by atoms with Crippen molar-refractivity contribution in [3.8, 4) is 0 Å². The molecule has 0 aromatic rings. The third-order valence-electron chi connectivity index (χ3n) is 1.77. The summed E-state index contributed by atoms with van der Waals surface area (Å²) in [5, 5.41) is 0.926. The molecule has 0 aromatic heterocycles. The molecule has 1 saturated heterocycles. The molecule has 2 unspecified atom stereocenters. The van der Waals surface area contributed by atoms with Gasteiger partial charge in [0.1, 0.15) is 10.5 Å². The lowest BCUT2D eigenvalue weighted by atomic mass is 10.2. The maximum Gasteiger partial charge on any atom is 0.113 e. The molecular weight excluding hydrogens is 120 g/mol. The van der Waals surface area contributed by atoms with Crippen molar-refractivity contribution in [2.75, 3.05) is 0 Å². The van der Waals surface area contributed by atoms with Gasteiger partial charge in [-0.25, -0.2) is 0 Å². The summed E-state index contributed by atoms with van der Waals surface area (Å²) in [7, 11) is 0. The lowest BCUT2D eigenvalue weighted by Crippen LogP contribution is -2.17. The van der Waals surface area contributed by atoms with Crippen LogP contribution in [0.15, 0.2) is 0 Å². The summed E-state index contributed by atoms with van der Waals surface area (Å²) in [4.78, 5) is 0. The van der Waals surface area contributed by atoms with Gasteiger partial charge in [-0.05, 0) is 37.9 Å². The van der Waals surface area contributed by atoms with E-state index in [1.807, 2.05) is 0 Å². The Morgan fingerprint density at radius 2 is 1.62 bits per heavy atom. The van der Waals surface area contributed by atoms with Crippen molar-refractivity contribution in [2.24, 2.45) is 0 Å². The topological polar surface area (TPSA) is 23.1 Å². The fourth-order valence-electron chi connectivity index (χ4n) is 1.10. The van der Waals surface area contributed by atoms with E-state index in [9.17, 15) is 4.55 Å². The van der Waals surface area contributed by atoms with E-state index in [1.54, 1.807) is 0 Å². The van der Waals surface area contributed by atoms with Gasteiger partial charge in [0.2, 0.25) is 0 Å². The molecule has 1 rings (SSSR count). The zero-order chi connectivity index (χ0) is 6.15. The molecule has 2 heteroatoms. The monoisotopic (exact) mass is 132 g/mol. The van der Waals surface area contributed by atoms with Crippen LogP contribution in [0.2, 0.25) is 0 Å². The second-order valence-electron chi connectivity index (χ2n) is 2.53. The molecule has 1 nitrogen and oxygen atoms in total. The Bertz CT molecular complexity index is 74.6. The Hall–Kier alpha value is 0.310. The van der Waals surface area contributed by atoms with E-state index in [-0.39, 0.29) is 0 Å². The van der Waals surface area contributed by atoms with E-state index in [0.29, 0.717) is 10.5 Å². The highest BCUT2D eigenvalue weighted by Gasteiger charge is 2.31. The Morgan fingerprint density at radius 3 is 1.75 bits per heavy atom. The van der Waals surface area contributed by atoms with Crippen molar-refractivity contribution < 1.29 is 4.55 Å². The molecule has 0 aromatic carbocycles. The first-order chi connectivity index (χ1) is 3.72. The summed E-state index contributed by atoms with van der Waals surface area (Å²) in [6.45, 7) is 4.14. The summed E-state index contributed by atoms with van der Waals surface area (Å²) in [6, 6.07) is 0. The fraction of sp³-hybridized carbons (Fsp3) is 1.00. The van der Waals surface area contributed by atoms with Gasteiger partial charge in [0.25, 0.3) is 0 Å². The first kappa shape index (κ1) is 6.43. The van der Waals surface area contributed by atoms with Crippen LogP contribution in [0.4, 0.5) is 0 Å². The van der Waals surface area contributed by atoms with Gasteiger partial charge in [-0.2, -0.15) is 0 Å².